The molecule has 10 heavy (non-hydrogen) atoms. The van der Waals surface area contributed by atoms with Crippen LogP contribution >= 0.6 is 0 Å². The molecule has 1 fully saturated rings. The van der Waals surface area contributed by atoms with Gasteiger partial charge < -0.3 is 4.74 Å². The zero-order valence-corrected chi connectivity index (χ0v) is 7.27. The summed E-state index contributed by atoms with van der Waals surface area (Å²) in [4.78, 5) is 0. The summed E-state index contributed by atoms with van der Waals surface area (Å²) in [5, 5.41) is 3.31. The molecule has 2 atom stereocenters. The van der Waals surface area contributed by atoms with Gasteiger partial charge in [-0.15, -0.1) is 0 Å². The van der Waals surface area contributed by atoms with Crippen molar-refractivity contribution in [1.82, 2.24) is 5.32 Å². The molecule has 1 N–H and O–H groups in total. The van der Waals surface area contributed by atoms with Crippen LogP contribution in [0.25, 0.3) is 0 Å². The Morgan fingerprint density at radius 1 is 1.40 bits per heavy atom. The number of nitrogens with one attached hydrogen (secondary N) is 1. The summed E-state index contributed by atoms with van der Waals surface area (Å²) in [5.41, 5.74) is 0.0596. The van der Waals surface area contributed by atoms with Crippen molar-refractivity contribution in [2.24, 2.45) is 0 Å². The molecule has 1 saturated heterocycles. The first-order chi connectivity index (χ1) is 4.49. The van der Waals surface area contributed by atoms with E-state index in [-0.39, 0.29) is 11.8 Å². The molecule has 0 bridgehead atoms. The molecule has 0 radical (unpaired) electrons. The van der Waals surface area contributed by atoms with Crippen LogP contribution in [0.2, 0.25) is 0 Å². The maximum atomic E-state index is 5.63. The van der Waals surface area contributed by atoms with Crippen LogP contribution in [-0.4, -0.2) is 17.9 Å². The molecule has 1 aliphatic rings. The van der Waals surface area contributed by atoms with Gasteiger partial charge in [0.05, 0.1) is 5.60 Å². The molecule has 2 nitrogen and oxygen atoms in total. The van der Waals surface area contributed by atoms with Crippen molar-refractivity contribution >= 4 is 0 Å². The minimum atomic E-state index is 0.0596. The van der Waals surface area contributed by atoms with Crippen LogP contribution in [0.4, 0.5) is 0 Å². The molecular formula is C8H17NO. The van der Waals surface area contributed by atoms with Crippen LogP contribution in [0, 0.1) is 0 Å². The molecule has 0 spiro atoms. The summed E-state index contributed by atoms with van der Waals surface area (Å²) in [6.07, 6.45) is 1.30. The van der Waals surface area contributed by atoms with Crippen LogP contribution in [-0.2, 0) is 4.74 Å². The van der Waals surface area contributed by atoms with Gasteiger partial charge in [0.2, 0.25) is 0 Å². The third-order valence-corrected chi connectivity index (χ3v) is 1.81. The lowest BCUT2D eigenvalue weighted by Crippen LogP contribution is -2.50. The second-order valence-corrected chi connectivity index (χ2v) is 3.79. The van der Waals surface area contributed by atoms with Crippen LogP contribution in [0.15, 0.2) is 0 Å². The van der Waals surface area contributed by atoms with Gasteiger partial charge in [-0.2, -0.15) is 0 Å². The molecule has 0 aromatic heterocycles. The third-order valence-electron chi connectivity index (χ3n) is 1.81. The van der Waals surface area contributed by atoms with Gasteiger partial charge >= 0.3 is 0 Å². The van der Waals surface area contributed by atoms with E-state index in [4.69, 9.17) is 4.74 Å². The Bertz CT molecular complexity index is 110. The van der Waals surface area contributed by atoms with Crippen molar-refractivity contribution in [2.45, 2.75) is 52.0 Å². The molecule has 60 valence electrons. The molecule has 1 heterocycles. The molecule has 2 unspecified atom stereocenters. The highest BCUT2D eigenvalue weighted by molar-refractivity contribution is 4.81. The molecular weight excluding hydrogens is 126 g/mol. The highest BCUT2D eigenvalue weighted by Crippen LogP contribution is 2.22. The van der Waals surface area contributed by atoms with Gasteiger partial charge in [0.1, 0.15) is 6.23 Å². The van der Waals surface area contributed by atoms with Crippen molar-refractivity contribution in [2.75, 3.05) is 0 Å². The van der Waals surface area contributed by atoms with Gasteiger partial charge in [-0.1, -0.05) is 0 Å². The van der Waals surface area contributed by atoms with Crippen molar-refractivity contribution < 1.29 is 4.74 Å². The average molecular weight is 143 g/mol. The van der Waals surface area contributed by atoms with E-state index >= 15 is 0 Å². The zero-order valence-electron chi connectivity index (χ0n) is 7.27. The summed E-state index contributed by atoms with van der Waals surface area (Å²) in [7, 11) is 0. The highest BCUT2D eigenvalue weighted by Gasteiger charge is 2.29. The second kappa shape index (κ2) is 2.51. The maximum absolute atomic E-state index is 5.63. The van der Waals surface area contributed by atoms with E-state index in [1.807, 2.05) is 0 Å². The lowest BCUT2D eigenvalue weighted by atomic mass is 9.98. The van der Waals surface area contributed by atoms with E-state index in [2.05, 4.69) is 33.0 Å². The highest BCUT2D eigenvalue weighted by atomic mass is 16.5. The Morgan fingerprint density at radius 2 is 2.00 bits per heavy atom. The molecule has 1 aliphatic heterocycles. The van der Waals surface area contributed by atoms with Gasteiger partial charge in [-0.3, -0.25) is 5.32 Å². The molecule has 1 rings (SSSR count). The normalized spacial score (nSPS) is 39.6. The first-order valence-electron chi connectivity index (χ1n) is 3.93. The minimum Gasteiger partial charge on any atom is -0.358 e. The number of hydrogen-bond donors (Lipinski definition) is 1. The van der Waals surface area contributed by atoms with Crippen molar-refractivity contribution in [3.63, 3.8) is 0 Å². The minimum absolute atomic E-state index is 0.0596. The molecule has 0 aromatic carbocycles. The van der Waals surface area contributed by atoms with Gasteiger partial charge in [0.15, 0.2) is 0 Å². The fourth-order valence-electron chi connectivity index (χ4n) is 1.76. The predicted octanol–water partition coefficient (Wildman–Crippen LogP) is 1.51. The van der Waals surface area contributed by atoms with Crippen molar-refractivity contribution in [3.8, 4) is 0 Å². The molecule has 0 aromatic rings. The molecule has 0 aliphatic carbocycles. The largest absolute Gasteiger partial charge is 0.358 e. The summed E-state index contributed by atoms with van der Waals surface area (Å²) < 4.78 is 5.63. The fourth-order valence-corrected chi connectivity index (χ4v) is 1.76. The van der Waals surface area contributed by atoms with Crippen molar-refractivity contribution in [3.05, 3.63) is 0 Å². The van der Waals surface area contributed by atoms with E-state index in [0.29, 0.717) is 6.04 Å². The SMILES string of the molecule is CC1CC(C)(C)OC(C)N1. The Labute approximate surface area is 63.0 Å². The zero-order chi connectivity index (χ0) is 7.78. The van der Waals surface area contributed by atoms with Crippen molar-refractivity contribution in [1.29, 1.82) is 0 Å². The maximum Gasteiger partial charge on any atom is 0.106 e. The number of ether oxygens (including phenoxy) is 1. The number of hydrogen-bond acceptors (Lipinski definition) is 2. The molecule has 2 heteroatoms. The topological polar surface area (TPSA) is 21.3 Å². The summed E-state index contributed by atoms with van der Waals surface area (Å²) >= 11 is 0. The summed E-state index contributed by atoms with van der Waals surface area (Å²) in [6.45, 7) is 8.53. The quantitative estimate of drug-likeness (QED) is 0.555. The van der Waals surface area contributed by atoms with E-state index in [0.717, 1.165) is 6.42 Å². The Kier molecular flexibility index (Phi) is 2.02. The predicted molar refractivity (Wildman–Crippen MR) is 41.8 cm³/mol. The summed E-state index contributed by atoms with van der Waals surface area (Å²) in [6, 6.07) is 0.582. The van der Waals surface area contributed by atoms with E-state index in [1.54, 1.807) is 0 Å². The fraction of sp³-hybridized carbons (Fsp3) is 1.00. The van der Waals surface area contributed by atoms with E-state index in [9.17, 15) is 0 Å². The van der Waals surface area contributed by atoms with Gasteiger partial charge in [-0.25, -0.2) is 0 Å². The Hall–Kier alpha value is -0.0800. The summed E-state index contributed by atoms with van der Waals surface area (Å²) in [5.74, 6) is 0. The van der Waals surface area contributed by atoms with E-state index in [1.165, 1.54) is 0 Å². The standard InChI is InChI=1S/C8H17NO/c1-6-5-8(3,4)10-7(2)9-6/h6-7,9H,5H2,1-4H3. The Morgan fingerprint density at radius 3 is 2.40 bits per heavy atom. The van der Waals surface area contributed by atoms with Gasteiger partial charge in [0.25, 0.3) is 0 Å². The van der Waals surface area contributed by atoms with Gasteiger partial charge in [-0.05, 0) is 34.1 Å². The monoisotopic (exact) mass is 143 g/mol. The lowest BCUT2D eigenvalue weighted by Gasteiger charge is -2.38. The van der Waals surface area contributed by atoms with Gasteiger partial charge in [0, 0.05) is 6.04 Å². The second-order valence-electron chi connectivity index (χ2n) is 3.79. The molecule has 0 saturated carbocycles. The lowest BCUT2D eigenvalue weighted by molar-refractivity contribution is -0.120. The average Bonchev–Trinajstić information content (AvgIpc) is 1.54. The first-order valence-corrected chi connectivity index (χ1v) is 3.93. The van der Waals surface area contributed by atoms with Crippen LogP contribution < -0.4 is 5.32 Å². The number of rotatable bonds is 0. The van der Waals surface area contributed by atoms with Crippen LogP contribution in [0.3, 0.4) is 0 Å². The first kappa shape index (κ1) is 8.02. The van der Waals surface area contributed by atoms with Crippen LogP contribution in [0.1, 0.15) is 34.1 Å². The molecule has 0 amide bonds. The van der Waals surface area contributed by atoms with E-state index < -0.39 is 0 Å². The Balaban J connectivity index is 2.51. The third kappa shape index (κ3) is 1.96. The van der Waals surface area contributed by atoms with Crippen LogP contribution in [0.5, 0.6) is 0 Å². The smallest absolute Gasteiger partial charge is 0.106 e.